The number of carbonyl (C=O) groups excluding carboxylic acids is 1. The van der Waals surface area contributed by atoms with E-state index in [1.54, 1.807) is 6.92 Å². The number of nitro groups is 1. The number of hydrogen-bond donors (Lipinski definition) is 2. The van der Waals surface area contributed by atoms with Crippen LogP contribution in [0.25, 0.3) is 0 Å². The molecule has 0 spiro atoms. The van der Waals surface area contributed by atoms with Crippen LogP contribution in [0.15, 0.2) is 12.3 Å². The van der Waals surface area contributed by atoms with Crippen molar-refractivity contribution in [2.45, 2.75) is 20.3 Å². The van der Waals surface area contributed by atoms with Crippen molar-refractivity contribution in [3.63, 3.8) is 0 Å². The van der Waals surface area contributed by atoms with Gasteiger partial charge in [0.15, 0.2) is 0 Å². The van der Waals surface area contributed by atoms with Crippen LogP contribution >= 0.6 is 0 Å². The Labute approximate surface area is 122 Å². The van der Waals surface area contributed by atoms with E-state index in [0.29, 0.717) is 31.9 Å². The van der Waals surface area contributed by atoms with Crippen LogP contribution < -0.4 is 5.32 Å². The number of amides is 1. The van der Waals surface area contributed by atoms with Gasteiger partial charge in [0.1, 0.15) is 17.6 Å². The van der Waals surface area contributed by atoms with Crippen LogP contribution in [0.3, 0.4) is 0 Å². The lowest BCUT2D eigenvalue weighted by Crippen LogP contribution is -2.32. The Bertz CT molecular complexity index is 507. The normalized spacial score (nSPS) is 10.2. The zero-order valence-electron chi connectivity index (χ0n) is 12.2. The van der Waals surface area contributed by atoms with Gasteiger partial charge in [-0.2, -0.15) is 0 Å². The number of hydrogen-bond acceptors (Lipinski definition) is 6. The molecule has 1 rings (SSSR count). The van der Waals surface area contributed by atoms with E-state index in [4.69, 9.17) is 5.11 Å². The van der Waals surface area contributed by atoms with Crippen LogP contribution in [0.4, 0.5) is 11.5 Å². The van der Waals surface area contributed by atoms with E-state index in [0.717, 1.165) is 6.20 Å². The molecule has 1 heterocycles. The second kappa shape index (κ2) is 8.15. The fourth-order valence-corrected chi connectivity index (χ4v) is 1.88. The topological polar surface area (TPSA) is 109 Å². The number of carbonyl (C=O) groups is 1. The quantitative estimate of drug-likeness (QED) is 0.552. The van der Waals surface area contributed by atoms with Gasteiger partial charge >= 0.3 is 0 Å². The molecule has 0 atom stereocenters. The van der Waals surface area contributed by atoms with Gasteiger partial charge in [0.05, 0.1) is 4.92 Å². The van der Waals surface area contributed by atoms with Crippen molar-refractivity contribution in [3.8, 4) is 0 Å². The average Bonchev–Trinajstić information content (AvgIpc) is 2.47. The maximum Gasteiger partial charge on any atom is 0.300 e. The Kier molecular flexibility index (Phi) is 6.54. The Morgan fingerprint density at radius 2 is 2.24 bits per heavy atom. The number of nitrogens with one attached hydrogen (secondary N) is 1. The van der Waals surface area contributed by atoms with Gasteiger partial charge in [-0.05, 0) is 20.3 Å². The first kappa shape index (κ1) is 16.8. The van der Waals surface area contributed by atoms with Crippen LogP contribution in [0.5, 0.6) is 0 Å². The molecule has 0 unspecified atom stereocenters. The summed E-state index contributed by atoms with van der Waals surface area (Å²) in [6, 6.07) is 1.39. The Balaban J connectivity index is 3.13. The maximum absolute atomic E-state index is 12.4. The fraction of sp³-hybridized carbons (Fsp3) is 0.538. The lowest BCUT2D eigenvalue weighted by molar-refractivity contribution is -0.385. The van der Waals surface area contributed by atoms with Gasteiger partial charge in [0.2, 0.25) is 0 Å². The summed E-state index contributed by atoms with van der Waals surface area (Å²) in [7, 11) is 0. The molecular formula is C13H20N4O4. The molecular weight excluding hydrogens is 276 g/mol. The van der Waals surface area contributed by atoms with E-state index in [-0.39, 0.29) is 17.9 Å². The van der Waals surface area contributed by atoms with Crippen LogP contribution in [-0.4, -0.2) is 52.1 Å². The molecule has 116 valence electrons. The summed E-state index contributed by atoms with van der Waals surface area (Å²) in [5, 5.41) is 22.8. The number of aliphatic hydroxyl groups excluding tert-OH is 1. The molecule has 0 aliphatic carbocycles. The second-order valence-electron chi connectivity index (χ2n) is 4.34. The average molecular weight is 296 g/mol. The third-order valence-electron chi connectivity index (χ3n) is 2.92. The van der Waals surface area contributed by atoms with E-state index in [9.17, 15) is 14.9 Å². The predicted octanol–water partition coefficient (Wildman–Crippen LogP) is 1.27. The van der Waals surface area contributed by atoms with Crippen molar-refractivity contribution in [2.75, 3.05) is 31.6 Å². The molecule has 1 aromatic rings. The largest absolute Gasteiger partial charge is 0.396 e. The molecule has 1 aromatic heterocycles. The fourth-order valence-electron chi connectivity index (χ4n) is 1.88. The zero-order valence-corrected chi connectivity index (χ0v) is 12.2. The minimum absolute atomic E-state index is 0.00531. The smallest absolute Gasteiger partial charge is 0.300 e. The van der Waals surface area contributed by atoms with Crippen LogP contribution in [0.1, 0.15) is 30.6 Å². The number of pyridine rings is 1. The first-order chi connectivity index (χ1) is 10.0. The van der Waals surface area contributed by atoms with Crippen molar-refractivity contribution in [2.24, 2.45) is 0 Å². The molecule has 0 saturated carbocycles. The number of nitrogens with zero attached hydrogens (tertiary/aromatic N) is 3. The predicted molar refractivity (Wildman–Crippen MR) is 78.3 cm³/mol. The summed E-state index contributed by atoms with van der Waals surface area (Å²) in [5.74, 6) is -0.0103. The van der Waals surface area contributed by atoms with E-state index in [2.05, 4.69) is 10.3 Å². The van der Waals surface area contributed by atoms with Crippen LogP contribution in [0.2, 0.25) is 0 Å². The van der Waals surface area contributed by atoms with Gasteiger partial charge in [-0.15, -0.1) is 0 Å². The summed E-state index contributed by atoms with van der Waals surface area (Å²) < 4.78 is 0. The molecule has 0 aliphatic heterocycles. The van der Waals surface area contributed by atoms with E-state index >= 15 is 0 Å². The molecule has 0 bridgehead atoms. The molecule has 0 fully saturated rings. The molecule has 1 amide bonds. The number of anilines is 1. The Hall–Kier alpha value is -2.22. The van der Waals surface area contributed by atoms with Gasteiger partial charge in [-0.3, -0.25) is 14.9 Å². The van der Waals surface area contributed by atoms with Crippen molar-refractivity contribution in [3.05, 3.63) is 27.9 Å². The van der Waals surface area contributed by atoms with Gasteiger partial charge in [0, 0.05) is 32.3 Å². The van der Waals surface area contributed by atoms with Gasteiger partial charge in [-0.1, -0.05) is 0 Å². The molecule has 8 nitrogen and oxygen atoms in total. The van der Waals surface area contributed by atoms with Crippen LogP contribution in [-0.2, 0) is 0 Å². The third kappa shape index (κ3) is 4.38. The van der Waals surface area contributed by atoms with Gasteiger partial charge < -0.3 is 15.3 Å². The first-order valence-corrected chi connectivity index (χ1v) is 6.83. The molecule has 8 heteroatoms. The van der Waals surface area contributed by atoms with Gasteiger partial charge in [0.25, 0.3) is 11.6 Å². The lowest BCUT2D eigenvalue weighted by atomic mass is 10.2. The highest BCUT2D eigenvalue weighted by atomic mass is 16.6. The van der Waals surface area contributed by atoms with E-state index < -0.39 is 10.8 Å². The number of aliphatic hydroxyl groups is 1. The standard InChI is InChI=1S/C13H20N4O4/c1-3-14-12-8-10(11(9-15-12)17(20)21)13(19)16(4-2)6-5-7-18/h8-9,18H,3-7H2,1-2H3,(H,14,15). The van der Waals surface area contributed by atoms with E-state index in [1.165, 1.54) is 11.0 Å². The summed E-state index contributed by atoms with van der Waals surface area (Å²) >= 11 is 0. The van der Waals surface area contributed by atoms with Crippen molar-refractivity contribution in [1.82, 2.24) is 9.88 Å². The molecule has 21 heavy (non-hydrogen) atoms. The minimum atomic E-state index is -0.615. The SMILES string of the molecule is CCNc1cc(C(=O)N(CC)CCCO)c([N+](=O)[O-])cn1. The zero-order chi connectivity index (χ0) is 15.8. The Morgan fingerprint density at radius 1 is 1.52 bits per heavy atom. The highest BCUT2D eigenvalue weighted by Crippen LogP contribution is 2.22. The molecule has 2 N–H and O–H groups in total. The first-order valence-electron chi connectivity index (χ1n) is 6.83. The summed E-state index contributed by atoms with van der Waals surface area (Å²) in [4.78, 5) is 28.3. The van der Waals surface area contributed by atoms with Crippen molar-refractivity contribution >= 4 is 17.4 Å². The number of aromatic nitrogens is 1. The molecule has 0 aromatic carbocycles. The number of rotatable bonds is 8. The maximum atomic E-state index is 12.4. The van der Waals surface area contributed by atoms with Crippen LogP contribution in [0, 0.1) is 10.1 Å². The summed E-state index contributed by atoms with van der Waals surface area (Å²) in [6.45, 7) is 4.97. The molecule has 0 aliphatic rings. The minimum Gasteiger partial charge on any atom is -0.396 e. The third-order valence-corrected chi connectivity index (χ3v) is 2.92. The highest BCUT2D eigenvalue weighted by Gasteiger charge is 2.25. The van der Waals surface area contributed by atoms with Gasteiger partial charge in [-0.25, -0.2) is 4.98 Å². The summed E-state index contributed by atoms with van der Waals surface area (Å²) in [6.07, 6.45) is 1.52. The molecule has 0 radical (unpaired) electrons. The second-order valence-corrected chi connectivity index (χ2v) is 4.34. The molecule has 0 saturated heterocycles. The summed E-state index contributed by atoms with van der Waals surface area (Å²) in [5.41, 5.74) is -0.310. The Morgan fingerprint density at radius 3 is 2.76 bits per heavy atom. The van der Waals surface area contributed by atoms with Crippen molar-refractivity contribution < 1.29 is 14.8 Å². The van der Waals surface area contributed by atoms with Crippen molar-refractivity contribution in [1.29, 1.82) is 0 Å². The lowest BCUT2D eigenvalue weighted by Gasteiger charge is -2.20. The monoisotopic (exact) mass is 296 g/mol. The highest BCUT2D eigenvalue weighted by molar-refractivity contribution is 5.98. The van der Waals surface area contributed by atoms with E-state index in [1.807, 2.05) is 6.92 Å².